The fourth-order valence-electron chi connectivity index (χ4n) is 0.817. The maximum atomic E-state index is 5.00. The van der Waals surface area contributed by atoms with Gasteiger partial charge in [-0.2, -0.15) is 0 Å². The van der Waals surface area contributed by atoms with Crippen LogP contribution in [0.3, 0.4) is 0 Å². The fraction of sp³-hybridized carbons (Fsp3) is 0.222. The molecule has 0 fully saturated rings. The molecule has 0 radical (unpaired) electrons. The highest BCUT2D eigenvalue weighted by atomic mass is 16.5. The van der Waals surface area contributed by atoms with E-state index in [9.17, 15) is 0 Å². The SMILES string of the molecule is C/C=N/c1ccc(OC)cc1. The van der Waals surface area contributed by atoms with Crippen molar-refractivity contribution in [1.82, 2.24) is 0 Å². The molecule has 1 aromatic rings. The molecule has 0 spiro atoms. The fourth-order valence-corrected chi connectivity index (χ4v) is 0.817. The second-order valence-electron chi connectivity index (χ2n) is 2.09. The van der Waals surface area contributed by atoms with Crippen LogP contribution in [-0.4, -0.2) is 13.3 Å². The summed E-state index contributed by atoms with van der Waals surface area (Å²) in [7, 11) is 1.65. The van der Waals surface area contributed by atoms with Gasteiger partial charge < -0.3 is 4.74 Å². The molecule has 1 aromatic carbocycles. The lowest BCUT2D eigenvalue weighted by Gasteiger charge is -1.97. The molecule has 0 atom stereocenters. The van der Waals surface area contributed by atoms with E-state index in [-0.39, 0.29) is 0 Å². The largest absolute Gasteiger partial charge is 0.497 e. The number of methoxy groups -OCH3 is 1. The minimum atomic E-state index is 0.861. The Morgan fingerprint density at radius 2 is 1.91 bits per heavy atom. The highest BCUT2D eigenvalue weighted by molar-refractivity contribution is 5.60. The standard InChI is InChI=1S/C9H11NO/c1-3-10-8-4-6-9(11-2)7-5-8/h3-7H,1-2H3/b10-3+. The molecule has 0 aromatic heterocycles. The predicted octanol–water partition coefficient (Wildman–Crippen LogP) is 2.42. The average Bonchev–Trinajstić information content (AvgIpc) is 2.07. The summed E-state index contributed by atoms with van der Waals surface area (Å²) in [5, 5.41) is 0. The minimum absolute atomic E-state index is 0.861. The number of rotatable bonds is 2. The van der Waals surface area contributed by atoms with E-state index in [2.05, 4.69) is 4.99 Å². The highest BCUT2D eigenvalue weighted by Gasteiger charge is 1.88. The molecule has 0 saturated heterocycles. The quantitative estimate of drug-likeness (QED) is 0.592. The lowest BCUT2D eigenvalue weighted by atomic mass is 10.3. The van der Waals surface area contributed by atoms with Gasteiger partial charge in [0.1, 0.15) is 5.75 Å². The highest BCUT2D eigenvalue weighted by Crippen LogP contribution is 2.16. The van der Waals surface area contributed by atoms with Crippen molar-refractivity contribution >= 4 is 11.9 Å². The van der Waals surface area contributed by atoms with E-state index in [1.54, 1.807) is 13.3 Å². The van der Waals surface area contributed by atoms with Crippen LogP contribution < -0.4 is 4.74 Å². The molecule has 0 aliphatic heterocycles. The Bertz CT molecular complexity index is 238. The van der Waals surface area contributed by atoms with Gasteiger partial charge in [-0.25, -0.2) is 0 Å². The molecular formula is C9H11NO. The number of ether oxygens (including phenoxy) is 1. The zero-order chi connectivity index (χ0) is 8.10. The van der Waals surface area contributed by atoms with Gasteiger partial charge in [0.15, 0.2) is 0 Å². The zero-order valence-electron chi connectivity index (χ0n) is 6.74. The van der Waals surface area contributed by atoms with E-state index in [1.807, 2.05) is 31.2 Å². The van der Waals surface area contributed by atoms with Crippen LogP contribution in [0.1, 0.15) is 6.92 Å². The summed E-state index contributed by atoms with van der Waals surface area (Å²) in [6, 6.07) is 7.61. The molecule has 2 nitrogen and oxygen atoms in total. The summed E-state index contributed by atoms with van der Waals surface area (Å²) in [6.07, 6.45) is 1.77. The van der Waals surface area contributed by atoms with E-state index in [1.165, 1.54) is 0 Å². The van der Waals surface area contributed by atoms with Crippen LogP contribution in [-0.2, 0) is 0 Å². The molecule has 0 unspecified atom stereocenters. The zero-order valence-corrected chi connectivity index (χ0v) is 6.74. The molecule has 0 aliphatic rings. The van der Waals surface area contributed by atoms with Crippen LogP contribution in [0.2, 0.25) is 0 Å². The van der Waals surface area contributed by atoms with Gasteiger partial charge >= 0.3 is 0 Å². The molecule has 58 valence electrons. The summed E-state index contributed by atoms with van der Waals surface area (Å²) in [5.74, 6) is 0.861. The number of nitrogens with zero attached hydrogens (tertiary/aromatic N) is 1. The number of benzene rings is 1. The van der Waals surface area contributed by atoms with Crippen LogP contribution in [0, 0.1) is 0 Å². The van der Waals surface area contributed by atoms with Gasteiger partial charge in [-0.3, -0.25) is 4.99 Å². The smallest absolute Gasteiger partial charge is 0.119 e. The Kier molecular flexibility index (Phi) is 2.66. The van der Waals surface area contributed by atoms with Crippen molar-refractivity contribution in [3.05, 3.63) is 24.3 Å². The second-order valence-corrected chi connectivity index (χ2v) is 2.09. The number of hydrogen-bond donors (Lipinski definition) is 0. The first-order chi connectivity index (χ1) is 5.36. The first kappa shape index (κ1) is 7.79. The monoisotopic (exact) mass is 149 g/mol. The van der Waals surface area contributed by atoms with E-state index in [0.717, 1.165) is 11.4 Å². The van der Waals surface area contributed by atoms with Gasteiger partial charge in [0.25, 0.3) is 0 Å². The van der Waals surface area contributed by atoms with Gasteiger partial charge in [0.2, 0.25) is 0 Å². The van der Waals surface area contributed by atoms with Gasteiger partial charge in [-0.05, 0) is 31.2 Å². The number of hydrogen-bond acceptors (Lipinski definition) is 2. The van der Waals surface area contributed by atoms with Crippen LogP contribution in [0.15, 0.2) is 29.3 Å². The summed E-state index contributed by atoms with van der Waals surface area (Å²) < 4.78 is 5.00. The maximum absolute atomic E-state index is 5.00. The lowest BCUT2D eigenvalue weighted by Crippen LogP contribution is -1.79. The van der Waals surface area contributed by atoms with Crippen molar-refractivity contribution in [3.8, 4) is 5.75 Å². The normalized spacial score (nSPS) is 10.4. The van der Waals surface area contributed by atoms with Crippen molar-refractivity contribution in [2.75, 3.05) is 7.11 Å². The third kappa shape index (κ3) is 2.08. The maximum Gasteiger partial charge on any atom is 0.119 e. The Morgan fingerprint density at radius 1 is 1.27 bits per heavy atom. The first-order valence-electron chi connectivity index (χ1n) is 3.49. The molecule has 0 bridgehead atoms. The molecular weight excluding hydrogens is 138 g/mol. The molecule has 0 N–H and O–H groups in total. The van der Waals surface area contributed by atoms with E-state index in [0.29, 0.717) is 0 Å². The van der Waals surface area contributed by atoms with Crippen LogP contribution >= 0.6 is 0 Å². The second kappa shape index (κ2) is 3.76. The predicted molar refractivity (Wildman–Crippen MR) is 46.8 cm³/mol. The molecule has 0 aliphatic carbocycles. The Morgan fingerprint density at radius 3 is 2.36 bits per heavy atom. The van der Waals surface area contributed by atoms with Gasteiger partial charge in [-0.1, -0.05) is 0 Å². The summed E-state index contributed by atoms with van der Waals surface area (Å²) in [4.78, 5) is 4.10. The summed E-state index contributed by atoms with van der Waals surface area (Å²) in [6.45, 7) is 1.89. The van der Waals surface area contributed by atoms with Crippen LogP contribution in [0.25, 0.3) is 0 Å². The Hall–Kier alpha value is -1.31. The number of aliphatic imine (C=N–C) groups is 1. The van der Waals surface area contributed by atoms with E-state index < -0.39 is 0 Å². The molecule has 0 heterocycles. The third-order valence-corrected chi connectivity index (χ3v) is 1.35. The molecule has 11 heavy (non-hydrogen) atoms. The van der Waals surface area contributed by atoms with Crippen molar-refractivity contribution < 1.29 is 4.74 Å². The van der Waals surface area contributed by atoms with Crippen LogP contribution in [0.4, 0.5) is 5.69 Å². The third-order valence-electron chi connectivity index (χ3n) is 1.35. The van der Waals surface area contributed by atoms with Crippen molar-refractivity contribution in [2.24, 2.45) is 4.99 Å². The molecule has 2 heteroatoms. The summed E-state index contributed by atoms with van der Waals surface area (Å²) in [5.41, 5.74) is 0.952. The minimum Gasteiger partial charge on any atom is -0.497 e. The van der Waals surface area contributed by atoms with Gasteiger partial charge in [0.05, 0.1) is 12.8 Å². The topological polar surface area (TPSA) is 21.6 Å². The Balaban J connectivity index is 2.82. The molecule has 0 saturated carbocycles. The average molecular weight is 149 g/mol. The van der Waals surface area contributed by atoms with Gasteiger partial charge in [0, 0.05) is 6.21 Å². The van der Waals surface area contributed by atoms with Crippen molar-refractivity contribution in [3.63, 3.8) is 0 Å². The molecule has 0 amide bonds. The lowest BCUT2D eigenvalue weighted by molar-refractivity contribution is 0.415. The van der Waals surface area contributed by atoms with Gasteiger partial charge in [-0.15, -0.1) is 0 Å². The summed E-state index contributed by atoms with van der Waals surface area (Å²) >= 11 is 0. The Labute approximate surface area is 66.5 Å². The van der Waals surface area contributed by atoms with Crippen molar-refractivity contribution in [1.29, 1.82) is 0 Å². The van der Waals surface area contributed by atoms with Crippen molar-refractivity contribution in [2.45, 2.75) is 6.92 Å². The van der Waals surface area contributed by atoms with Crippen LogP contribution in [0.5, 0.6) is 5.75 Å². The van der Waals surface area contributed by atoms with E-state index >= 15 is 0 Å². The first-order valence-corrected chi connectivity index (χ1v) is 3.49. The molecule has 1 rings (SSSR count). The van der Waals surface area contributed by atoms with E-state index in [4.69, 9.17) is 4.74 Å².